The van der Waals surface area contributed by atoms with Gasteiger partial charge in [0, 0.05) is 25.7 Å². The number of para-hydroxylation sites is 1. The summed E-state index contributed by atoms with van der Waals surface area (Å²) < 4.78 is 11.2. The SMILES string of the molecule is CCNC(=NCC(C)N1CCOCC1)NCCOc1ccccc1C. The van der Waals surface area contributed by atoms with Crippen LogP contribution in [0.15, 0.2) is 29.3 Å². The molecule has 140 valence electrons. The van der Waals surface area contributed by atoms with Crippen molar-refractivity contribution in [1.29, 1.82) is 0 Å². The molecule has 0 saturated carbocycles. The van der Waals surface area contributed by atoms with Gasteiger partial charge in [0.2, 0.25) is 0 Å². The van der Waals surface area contributed by atoms with E-state index in [4.69, 9.17) is 14.5 Å². The number of morpholine rings is 1. The highest BCUT2D eigenvalue weighted by Gasteiger charge is 2.16. The quantitative estimate of drug-likeness (QED) is 0.425. The van der Waals surface area contributed by atoms with E-state index >= 15 is 0 Å². The Morgan fingerprint density at radius 2 is 2.04 bits per heavy atom. The molecule has 1 unspecified atom stereocenters. The third kappa shape index (κ3) is 6.92. The molecule has 25 heavy (non-hydrogen) atoms. The number of nitrogens with zero attached hydrogens (tertiary/aromatic N) is 2. The van der Waals surface area contributed by atoms with Crippen molar-refractivity contribution < 1.29 is 9.47 Å². The first kappa shape index (κ1) is 19.5. The number of nitrogens with one attached hydrogen (secondary N) is 2. The van der Waals surface area contributed by atoms with Gasteiger partial charge in [-0.1, -0.05) is 18.2 Å². The minimum absolute atomic E-state index is 0.419. The minimum atomic E-state index is 0.419. The van der Waals surface area contributed by atoms with Crippen LogP contribution in [0.4, 0.5) is 0 Å². The molecule has 0 aromatic heterocycles. The van der Waals surface area contributed by atoms with E-state index in [0.29, 0.717) is 19.2 Å². The fourth-order valence-corrected chi connectivity index (χ4v) is 2.75. The van der Waals surface area contributed by atoms with E-state index < -0.39 is 0 Å². The lowest BCUT2D eigenvalue weighted by Crippen LogP contribution is -2.45. The van der Waals surface area contributed by atoms with Crippen molar-refractivity contribution in [2.45, 2.75) is 26.8 Å². The fourth-order valence-electron chi connectivity index (χ4n) is 2.75. The van der Waals surface area contributed by atoms with Crippen LogP contribution in [0.25, 0.3) is 0 Å². The van der Waals surface area contributed by atoms with Gasteiger partial charge in [0.25, 0.3) is 0 Å². The molecule has 1 fully saturated rings. The molecule has 6 heteroatoms. The molecule has 0 radical (unpaired) electrons. The minimum Gasteiger partial charge on any atom is -0.491 e. The highest BCUT2D eigenvalue weighted by atomic mass is 16.5. The number of ether oxygens (including phenoxy) is 2. The largest absolute Gasteiger partial charge is 0.491 e. The standard InChI is InChI=1S/C19H32N4O2/c1-4-20-19(22-15-17(3)23-10-13-24-14-11-23)21-9-12-25-18-8-6-5-7-16(18)2/h5-8,17H,4,9-15H2,1-3H3,(H2,20,21,22). The second-order valence-electron chi connectivity index (χ2n) is 6.26. The maximum atomic E-state index is 5.82. The molecule has 1 aromatic rings. The molecule has 6 nitrogen and oxygen atoms in total. The van der Waals surface area contributed by atoms with Crippen molar-refractivity contribution in [1.82, 2.24) is 15.5 Å². The van der Waals surface area contributed by atoms with Crippen LogP contribution in [0.5, 0.6) is 5.75 Å². The van der Waals surface area contributed by atoms with Gasteiger partial charge in [-0.15, -0.1) is 0 Å². The van der Waals surface area contributed by atoms with Crippen molar-refractivity contribution in [3.63, 3.8) is 0 Å². The topological polar surface area (TPSA) is 58.1 Å². The van der Waals surface area contributed by atoms with Gasteiger partial charge in [-0.3, -0.25) is 9.89 Å². The molecule has 1 aliphatic rings. The average Bonchev–Trinajstić information content (AvgIpc) is 2.65. The number of rotatable bonds is 8. The predicted molar refractivity (Wildman–Crippen MR) is 103 cm³/mol. The third-order valence-corrected chi connectivity index (χ3v) is 4.27. The number of benzene rings is 1. The molecule has 0 spiro atoms. The van der Waals surface area contributed by atoms with E-state index in [1.54, 1.807) is 0 Å². The first-order valence-electron chi connectivity index (χ1n) is 9.23. The molecule has 1 aliphatic heterocycles. The van der Waals surface area contributed by atoms with Gasteiger partial charge in [0.05, 0.1) is 26.3 Å². The van der Waals surface area contributed by atoms with Gasteiger partial charge in [-0.25, -0.2) is 0 Å². The van der Waals surface area contributed by atoms with E-state index in [9.17, 15) is 0 Å². The highest BCUT2D eigenvalue weighted by molar-refractivity contribution is 5.79. The number of aryl methyl sites for hydroxylation is 1. The molecule has 0 aliphatic carbocycles. The Labute approximate surface area is 151 Å². The summed E-state index contributed by atoms with van der Waals surface area (Å²) in [5, 5.41) is 6.63. The van der Waals surface area contributed by atoms with Crippen molar-refractivity contribution in [3.05, 3.63) is 29.8 Å². The van der Waals surface area contributed by atoms with Crippen LogP contribution in [-0.2, 0) is 4.74 Å². The maximum Gasteiger partial charge on any atom is 0.191 e. The molecule has 0 amide bonds. The zero-order valence-electron chi connectivity index (χ0n) is 15.8. The molecule has 2 rings (SSSR count). The van der Waals surface area contributed by atoms with Gasteiger partial charge >= 0.3 is 0 Å². The maximum absolute atomic E-state index is 5.82. The molecule has 1 heterocycles. The second-order valence-corrected chi connectivity index (χ2v) is 6.26. The Hall–Kier alpha value is -1.79. The molecule has 1 saturated heterocycles. The molecular formula is C19H32N4O2. The number of aliphatic imine (C=N–C) groups is 1. The van der Waals surface area contributed by atoms with E-state index in [1.807, 2.05) is 18.2 Å². The van der Waals surface area contributed by atoms with E-state index in [1.165, 1.54) is 0 Å². The lowest BCUT2D eigenvalue weighted by atomic mass is 10.2. The van der Waals surface area contributed by atoms with Crippen molar-refractivity contribution in [3.8, 4) is 5.75 Å². The van der Waals surface area contributed by atoms with E-state index in [2.05, 4.69) is 42.4 Å². The molecular weight excluding hydrogens is 316 g/mol. The number of hydrogen-bond acceptors (Lipinski definition) is 4. The van der Waals surface area contributed by atoms with Crippen LogP contribution in [-0.4, -0.2) is 69.4 Å². The van der Waals surface area contributed by atoms with Gasteiger partial charge in [0.1, 0.15) is 12.4 Å². The summed E-state index contributed by atoms with van der Waals surface area (Å²) in [6.45, 7) is 12.9. The highest BCUT2D eigenvalue weighted by Crippen LogP contribution is 2.15. The Morgan fingerprint density at radius 3 is 2.76 bits per heavy atom. The van der Waals surface area contributed by atoms with Gasteiger partial charge in [0.15, 0.2) is 5.96 Å². The summed E-state index contributed by atoms with van der Waals surface area (Å²) in [6.07, 6.45) is 0. The van der Waals surface area contributed by atoms with E-state index in [0.717, 1.165) is 56.7 Å². The summed E-state index contributed by atoms with van der Waals surface area (Å²) >= 11 is 0. The Morgan fingerprint density at radius 1 is 1.28 bits per heavy atom. The van der Waals surface area contributed by atoms with Crippen LogP contribution < -0.4 is 15.4 Å². The normalized spacial score (nSPS) is 17.2. The van der Waals surface area contributed by atoms with E-state index in [-0.39, 0.29) is 0 Å². The monoisotopic (exact) mass is 348 g/mol. The summed E-state index contributed by atoms with van der Waals surface area (Å²) in [5.41, 5.74) is 1.16. The predicted octanol–water partition coefficient (Wildman–Crippen LogP) is 1.65. The zero-order chi connectivity index (χ0) is 17.9. The Kier molecular flexibility index (Phi) is 8.55. The smallest absolute Gasteiger partial charge is 0.191 e. The van der Waals surface area contributed by atoms with Crippen molar-refractivity contribution in [2.24, 2.45) is 4.99 Å². The van der Waals surface area contributed by atoms with Crippen LogP contribution in [0.3, 0.4) is 0 Å². The van der Waals surface area contributed by atoms with Gasteiger partial charge in [-0.05, 0) is 32.4 Å². The lowest BCUT2D eigenvalue weighted by Gasteiger charge is -2.31. The summed E-state index contributed by atoms with van der Waals surface area (Å²) in [4.78, 5) is 7.14. The summed E-state index contributed by atoms with van der Waals surface area (Å²) in [6, 6.07) is 8.49. The molecule has 2 N–H and O–H groups in total. The Bertz CT molecular complexity index is 530. The van der Waals surface area contributed by atoms with Crippen LogP contribution in [0, 0.1) is 6.92 Å². The lowest BCUT2D eigenvalue weighted by molar-refractivity contribution is 0.0220. The van der Waals surface area contributed by atoms with Crippen LogP contribution in [0.1, 0.15) is 19.4 Å². The molecule has 1 atom stereocenters. The Balaban J connectivity index is 1.74. The average molecular weight is 348 g/mol. The fraction of sp³-hybridized carbons (Fsp3) is 0.632. The zero-order valence-corrected chi connectivity index (χ0v) is 15.8. The van der Waals surface area contributed by atoms with Crippen LogP contribution in [0.2, 0.25) is 0 Å². The van der Waals surface area contributed by atoms with Crippen molar-refractivity contribution in [2.75, 3.05) is 52.5 Å². The van der Waals surface area contributed by atoms with Crippen LogP contribution >= 0.6 is 0 Å². The molecule has 0 bridgehead atoms. The summed E-state index contributed by atoms with van der Waals surface area (Å²) in [7, 11) is 0. The van der Waals surface area contributed by atoms with Gasteiger partial charge < -0.3 is 20.1 Å². The number of hydrogen-bond donors (Lipinski definition) is 2. The third-order valence-electron chi connectivity index (χ3n) is 4.27. The summed E-state index contributed by atoms with van der Waals surface area (Å²) in [5.74, 6) is 1.78. The van der Waals surface area contributed by atoms with Crippen molar-refractivity contribution >= 4 is 5.96 Å². The first-order chi connectivity index (χ1) is 12.2. The van der Waals surface area contributed by atoms with Gasteiger partial charge in [-0.2, -0.15) is 0 Å². The first-order valence-corrected chi connectivity index (χ1v) is 9.23. The number of guanidine groups is 1. The second kappa shape index (κ2) is 10.9. The molecule has 1 aromatic carbocycles.